The molecule has 0 saturated heterocycles. The Morgan fingerprint density at radius 3 is 2.93 bits per heavy atom. The Kier molecular flexibility index (Phi) is 4.42. The van der Waals surface area contributed by atoms with E-state index in [-0.39, 0.29) is 5.78 Å². The summed E-state index contributed by atoms with van der Waals surface area (Å²) in [7, 11) is 0. The van der Waals surface area contributed by atoms with Crippen LogP contribution in [0.5, 0.6) is 0 Å². The number of aromatic nitrogens is 3. The van der Waals surface area contributed by atoms with Crippen LogP contribution in [0.4, 0.5) is 0 Å². The highest BCUT2D eigenvalue weighted by atomic mass is 16.1. The molecule has 1 heterocycles. The summed E-state index contributed by atoms with van der Waals surface area (Å²) in [4.78, 5) is 11.2. The molecule has 0 saturated carbocycles. The van der Waals surface area contributed by atoms with Gasteiger partial charge in [-0.05, 0) is 0 Å². The molecule has 0 aliphatic rings. The molecule has 1 aromatic rings. The molecule has 1 N–H and O–H groups in total. The van der Waals surface area contributed by atoms with Gasteiger partial charge in [0.1, 0.15) is 6.54 Å². The Morgan fingerprint density at radius 2 is 2.33 bits per heavy atom. The smallest absolute Gasteiger partial charge is 0.154 e. The summed E-state index contributed by atoms with van der Waals surface area (Å²) in [6.07, 6.45) is 2.35. The molecular formula is C10H18N4O. The van der Waals surface area contributed by atoms with Crippen LogP contribution >= 0.6 is 0 Å². The molecule has 5 heteroatoms. The largest absolute Gasteiger partial charge is 0.309 e. The standard InChI is InChI=1S/C10H18N4O/c1-4-10(15)7-14-6-9(12-13-14)5-11-8(2)3/h6,8,11H,4-5,7H2,1-3H3. The van der Waals surface area contributed by atoms with Crippen molar-refractivity contribution < 1.29 is 4.79 Å². The third kappa shape index (κ3) is 4.20. The van der Waals surface area contributed by atoms with Gasteiger partial charge in [-0.1, -0.05) is 26.0 Å². The predicted molar refractivity (Wildman–Crippen MR) is 57.3 cm³/mol. The maximum atomic E-state index is 11.2. The number of nitrogens with one attached hydrogen (secondary N) is 1. The van der Waals surface area contributed by atoms with E-state index in [0.29, 0.717) is 25.6 Å². The Bertz CT molecular complexity index is 319. The first-order valence-corrected chi connectivity index (χ1v) is 5.26. The lowest BCUT2D eigenvalue weighted by Crippen LogP contribution is -2.21. The highest BCUT2D eigenvalue weighted by Gasteiger charge is 2.04. The van der Waals surface area contributed by atoms with E-state index in [1.807, 2.05) is 13.1 Å². The van der Waals surface area contributed by atoms with Crippen molar-refractivity contribution in [1.29, 1.82) is 0 Å². The van der Waals surface area contributed by atoms with Crippen molar-refractivity contribution in [2.24, 2.45) is 0 Å². The van der Waals surface area contributed by atoms with Crippen LogP contribution in [0.25, 0.3) is 0 Å². The van der Waals surface area contributed by atoms with Gasteiger partial charge in [0.05, 0.1) is 11.9 Å². The summed E-state index contributed by atoms with van der Waals surface area (Å²) in [5.74, 6) is 0.170. The lowest BCUT2D eigenvalue weighted by Gasteiger charge is -2.04. The lowest BCUT2D eigenvalue weighted by molar-refractivity contribution is -0.119. The van der Waals surface area contributed by atoms with Gasteiger partial charge in [-0.25, -0.2) is 4.68 Å². The number of hydrogen-bond donors (Lipinski definition) is 1. The SMILES string of the molecule is CCC(=O)Cn1cc(CNC(C)C)nn1. The van der Waals surface area contributed by atoms with Gasteiger partial charge in [0.15, 0.2) is 5.78 Å². The number of rotatable bonds is 6. The van der Waals surface area contributed by atoms with Crippen molar-refractivity contribution in [2.75, 3.05) is 0 Å². The van der Waals surface area contributed by atoms with Crippen LogP contribution in [-0.4, -0.2) is 26.8 Å². The molecule has 0 bridgehead atoms. The van der Waals surface area contributed by atoms with E-state index in [2.05, 4.69) is 29.5 Å². The Balaban J connectivity index is 2.45. The van der Waals surface area contributed by atoms with Crippen LogP contribution in [0.15, 0.2) is 6.20 Å². The molecule has 0 amide bonds. The molecule has 5 nitrogen and oxygen atoms in total. The molecule has 1 rings (SSSR count). The average molecular weight is 210 g/mol. The van der Waals surface area contributed by atoms with Gasteiger partial charge in [-0.15, -0.1) is 5.10 Å². The fourth-order valence-corrected chi connectivity index (χ4v) is 1.10. The zero-order chi connectivity index (χ0) is 11.3. The van der Waals surface area contributed by atoms with Gasteiger partial charge in [0.25, 0.3) is 0 Å². The van der Waals surface area contributed by atoms with E-state index in [1.54, 1.807) is 4.68 Å². The van der Waals surface area contributed by atoms with Crippen LogP contribution < -0.4 is 5.32 Å². The number of Topliss-reactive ketones (excluding diaryl/α,β-unsaturated/α-hetero) is 1. The van der Waals surface area contributed by atoms with Gasteiger partial charge in [-0.3, -0.25) is 4.79 Å². The summed E-state index contributed by atoms with van der Waals surface area (Å²) >= 11 is 0. The van der Waals surface area contributed by atoms with Crippen LogP contribution in [-0.2, 0) is 17.9 Å². The van der Waals surface area contributed by atoms with Crippen molar-refractivity contribution in [2.45, 2.75) is 46.3 Å². The number of hydrogen-bond acceptors (Lipinski definition) is 4. The number of carbonyl (C=O) groups excluding carboxylic acids is 1. The van der Waals surface area contributed by atoms with Crippen LogP contribution in [0.2, 0.25) is 0 Å². The van der Waals surface area contributed by atoms with Crippen LogP contribution in [0, 0.1) is 0 Å². The summed E-state index contributed by atoms with van der Waals surface area (Å²) < 4.78 is 1.59. The maximum Gasteiger partial charge on any atom is 0.154 e. The van der Waals surface area contributed by atoms with Crippen molar-refractivity contribution in [3.63, 3.8) is 0 Å². The molecule has 15 heavy (non-hydrogen) atoms. The van der Waals surface area contributed by atoms with E-state index in [4.69, 9.17) is 0 Å². The number of ketones is 1. The molecule has 1 aromatic heterocycles. The first-order valence-electron chi connectivity index (χ1n) is 5.26. The third-order valence-corrected chi connectivity index (χ3v) is 2.01. The minimum atomic E-state index is 0.170. The molecule has 0 aliphatic carbocycles. The summed E-state index contributed by atoms with van der Waals surface area (Å²) in [5.41, 5.74) is 0.868. The molecule has 0 aliphatic heterocycles. The minimum Gasteiger partial charge on any atom is -0.309 e. The topological polar surface area (TPSA) is 59.8 Å². The second-order valence-electron chi connectivity index (χ2n) is 3.84. The van der Waals surface area contributed by atoms with Gasteiger partial charge in [0, 0.05) is 19.0 Å². The van der Waals surface area contributed by atoms with Crippen molar-refractivity contribution in [3.8, 4) is 0 Å². The molecule has 0 aromatic carbocycles. The molecular weight excluding hydrogens is 192 g/mol. The van der Waals surface area contributed by atoms with Crippen molar-refractivity contribution >= 4 is 5.78 Å². The first kappa shape index (κ1) is 11.8. The molecule has 0 atom stereocenters. The highest BCUT2D eigenvalue weighted by molar-refractivity contribution is 5.77. The first-order chi connectivity index (χ1) is 7.11. The Hall–Kier alpha value is -1.23. The Morgan fingerprint density at radius 1 is 1.60 bits per heavy atom. The normalized spacial score (nSPS) is 10.9. The maximum absolute atomic E-state index is 11.2. The second-order valence-corrected chi connectivity index (χ2v) is 3.84. The quantitative estimate of drug-likeness (QED) is 0.753. The lowest BCUT2D eigenvalue weighted by atomic mass is 10.3. The average Bonchev–Trinajstić information content (AvgIpc) is 2.62. The van der Waals surface area contributed by atoms with E-state index >= 15 is 0 Å². The van der Waals surface area contributed by atoms with Crippen molar-refractivity contribution in [1.82, 2.24) is 20.3 Å². The summed E-state index contributed by atoms with van der Waals surface area (Å²) in [6, 6.07) is 0.424. The fraction of sp³-hybridized carbons (Fsp3) is 0.700. The minimum absolute atomic E-state index is 0.170. The number of carbonyl (C=O) groups is 1. The van der Waals surface area contributed by atoms with Crippen LogP contribution in [0.1, 0.15) is 32.9 Å². The predicted octanol–water partition coefficient (Wildman–Crippen LogP) is 0.755. The third-order valence-electron chi connectivity index (χ3n) is 2.01. The van der Waals surface area contributed by atoms with Gasteiger partial charge in [0.2, 0.25) is 0 Å². The van der Waals surface area contributed by atoms with Gasteiger partial charge >= 0.3 is 0 Å². The molecule has 0 unspecified atom stereocenters. The molecule has 84 valence electrons. The monoisotopic (exact) mass is 210 g/mol. The molecule has 0 spiro atoms. The molecule has 0 fully saturated rings. The second kappa shape index (κ2) is 5.60. The summed E-state index contributed by atoms with van der Waals surface area (Å²) in [5, 5.41) is 11.1. The van der Waals surface area contributed by atoms with Gasteiger partial charge < -0.3 is 5.32 Å². The van der Waals surface area contributed by atoms with E-state index in [1.165, 1.54) is 0 Å². The van der Waals surface area contributed by atoms with E-state index in [9.17, 15) is 4.79 Å². The summed E-state index contributed by atoms with van der Waals surface area (Å²) in [6.45, 7) is 7.01. The highest BCUT2D eigenvalue weighted by Crippen LogP contribution is 1.95. The zero-order valence-corrected chi connectivity index (χ0v) is 9.53. The van der Waals surface area contributed by atoms with Crippen molar-refractivity contribution in [3.05, 3.63) is 11.9 Å². The van der Waals surface area contributed by atoms with E-state index < -0.39 is 0 Å². The fourth-order valence-electron chi connectivity index (χ4n) is 1.10. The number of nitrogens with zero attached hydrogens (tertiary/aromatic N) is 3. The Labute approximate surface area is 89.9 Å². The zero-order valence-electron chi connectivity index (χ0n) is 9.53. The van der Waals surface area contributed by atoms with Crippen LogP contribution in [0.3, 0.4) is 0 Å². The molecule has 0 radical (unpaired) electrons. The van der Waals surface area contributed by atoms with E-state index in [0.717, 1.165) is 5.69 Å². The van der Waals surface area contributed by atoms with Gasteiger partial charge in [-0.2, -0.15) is 0 Å².